The van der Waals surface area contributed by atoms with Crippen LogP contribution in [0.15, 0.2) is 35.6 Å². The minimum absolute atomic E-state index is 0.438. The Labute approximate surface area is 126 Å². The van der Waals surface area contributed by atoms with Gasteiger partial charge in [-0.25, -0.2) is 0 Å². The van der Waals surface area contributed by atoms with E-state index in [-0.39, 0.29) is 0 Å². The smallest absolute Gasteiger partial charge is 0.199 e. The molecule has 3 rings (SSSR count). The molecule has 0 aliphatic heterocycles. The van der Waals surface area contributed by atoms with Crippen LogP contribution in [-0.2, 0) is 5.75 Å². The lowest BCUT2D eigenvalue weighted by Gasteiger charge is -2.06. The summed E-state index contributed by atoms with van der Waals surface area (Å²) >= 11 is 7.68. The summed E-state index contributed by atoms with van der Waals surface area (Å²) in [6, 6.07) is 8.38. The van der Waals surface area contributed by atoms with E-state index in [2.05, 4.69) is 47.1 Å². The SMILES string of the molecule is Cc1cc(C)cc(CSc2cc(Cl)nc3ncnn23)c1. The molecule has 0 fully saturated rings. The first-order valence-electron chi connectivity index (χ1n) is 6.18. The monoisotopic (exact) mass is 304 g/mol. The minimum Gasteiger partial charge on any atom is -0.199 e. The molecule has 4 nitrogen and oxygen atoms in total. The summed E-state index contributed by atoms with van der Waals surface area (Å²) in [7, 11) is 0. The molecule has 0 N–H and O–H groups in total. The summed E-state index contributed by atoms with van der Waals surface area (Å²) in [6.45, 7) is 4.22. The molecular weight excluding hydrogens is 292 g/mol. The summed E-state index contributed by atoms with van der Waals surface area (Å²) in [5, 5.41) is 5.55. The Balaban J connectivity index is 1.88. The number of hydrogen-bond acceptors (Lipinski definition) is 4. The standard InChI is InChI=1S/C14H13ClN4S/c1-9-3-10(2)5-11(4-9)7-20-13-6-12(15)18-14-16-8-17-19(13)14/h3-6,8H,7H2,1-2H3. The highest BCUT2D eigenvalue weighted by Crippen LogP contribution is 2.25. The number of benzene rings is 1. The highest BCUT2D eigenvalue weighted by atomic mass is 35.5. The Hall–Kier alpha value is -1.59. The molecule has 0 saturated heterocycles. The first-order valence-corrected chi connectivity index (χ1v) is 7.54. The maximum absolute atomic E-state index is 6.01. The lowest BCUT2D eigenvalue weighted by molar-refractivity contribution is 0.842. The second-order valence-electron chi connectivity index (χ2n) is 4.67. The Morgan fingerprint density at radius 3 is 2.65 bits per heavy atom. The molecule has 20 heavy (non-hydrogen) atoms. The lowest BCUT2D eigenvalue weighted by Crippen LogP contribution is -1.96. The minimum atomic E-state index is 0.438. The van der Waals surface area contributed by atoms with Crippen LogP contribution in [0.1, 0.15) is 16.7 Å². The van der Waals surface area contributed by atoms with Crippen LogP contribution in [0.4, 0.5) is 0 Å². The van der Waals surface area contributed by atoms with Gasteiger partial charge >= 0.3 is 0 Å². The fourth-order valence-electron chi connectivity index (χ4n) is 2.17. The van der Waals surface area contributed by atoms with E-state index < -0.39 is 0 Å². The molecular formula is C14H13ClN4S. The van der Waals surface area contributed by atoms with Crippen molar-refractivity contribution in [2.75, 3.05) is 0 Å². The van der Waals surface area contributed by atoms with Crippen LogP contribution in [0.3, 0.4) is 0 Å². The largest absolute Gasteiger partial charge is 0.254 e. The topological polar surface area (TPSA) is 43.1 Å². The number of aromatic nitrogens is 4. The van der Waals surface area contributed by atoms with Crippen molar-refractivity contribution in [3.63, 3.8) is 0 Å². The van der Waals surface area contributed by atoms with Gasteiger partial charge in [0.05, 0.1) is 0 Å². The van der Waals surface area contributed by atoms with Crippen LogP contribution in [0.25, 0.3) is 5.78 Å². The molecule has 102 valence electrons. The number of rotatable bonds is 3. The van der Waals surface area contributed by atoms with Crippen molar-refractivity contribution in [3.8, 4) is 0 Å². The molecule has 0 atom stereocenters. The van der Waals surface area contributed by atoms with Crippen molar-refractivity contribution >= 4 is 29.1 Å². The maximum atomic E-state index is 6.01. The van der Waals surface area contributed by atoms with Crippen molar-refractivity contribution in [3.05, 3.63) is 52.4 Å². The fourth-order valence-corrected chi connectivity index (χ4v) is 3.34. The van der Waals surface area contributed by atoms with Gasteiger partial charge in [0.15, 0.2) is 0 Å². The molecule has 0 spiro atoms. The van der Waals surface area contributed by atoms with Crippen LogP contribution in [0.2, 0.25) is 5.15 Å². The lowest BCUT2D eigenvalue weighted by atomic mass is 10.1. The predicted octanol–water partition coefficient (Wildman–Crippen LogP) is 3.69. The molecule has 0 radical (unpaired) electrons. The zero-order chi connectivity index (χ0) is 14.1. The summed E-state index contributed by atoms with van der Waals surface area (Å²) in [5.41, 5.74) is 3.84. The molecule has 0 amide bonds. The first-order chi connectivity index (χ1) is 9.61. The normalized spacial score (nSPS) is 11.2. The fraction of sp³-hybridized carbons (Fsp3) is 0.214. The van der Waals surface area contributed by atoms with Crippen LogP contribution in [0.5, 0.6) is 0 Å². The second kappa shape index (κ2) is 5.42. The van der Waals surface area contributed by atoms with Crippen LogP contribution >= 0.6 is 23.4 Å². The van der Waals surface area contributed by atoms with Crippen molar-refractivity contribution in [2.45, 2.75) is 24.6 Å². The third-order valence-electron chi connectivity index (χ3n) is 2.86. The molecule has 3 aromatic rings. The van der Waals surface area contributed by atoms with E-state index in [1.165, 1.54) is 23.0 Å². The summed E-state index contributed by atoms with van der Waals surface area (Å²) in [4.78, 5) is 8.19. The second-order valence-corrected chi connectivity index (χ2v) is 6.06. The Morgan fingerprint density at radius 2 is 1.90 bits per heavy atom. The van der Waals surface area contributed by atoms with Crippen LogP contribution < -0.4 is 0 Å². The van der Waals surface area contributed by atoms with Gasteiger partial charge in [0.25, 0.3) is 5.78 Å². The molecule has 0 unspecified atom stereocenters. The van der Waals surface area contributed by atoms with Crippen molar-refractivity contribution < 1.29 is 0 Å². The van der Waals surface area contributed by atoms with E-state index in [1.54, 1.807) is 16.3 Å². The third kappa shape index (κ3) is 2.78. The van der Waals surface area contributed by atoms with Gasteiger partial charge in [-0.2, -0.15) is 19.6 Å². The van der Waals surface area contributed by atoms with Crippen molar-refractivity contribution in [1.82, 2.24) is 19.6 Å². The van der Waals surface area contributed by atoms with E-state index in [0.29, 0.717) is 10.9 Å². The van der Waals surface area contributed by atoms with Crippen LogP contribution in [0, 0.1) is 13.8 Å². The maximum Gasteiger partial charge on any atom is 0.254 e. The van der Waals surface area contributed by atoms with Crippen molar-refractivity contribution in [2.24, 2.45) is 0 Å². The summed E-state index contributed by atoms with van der Waals surface area (Å²) < 4.78 is 1.71. The van der Waals surface area contributed by atoms with Gasteiger partial charge in [-0.3, -0.25) is 0 Å². The van der Waals surface area contributed by atoms with E-state index in [0.717, 1.165) is 10.8 Å². The van der Waals surface area contributed by atoms with E-state index in [1.807, 2.05) is 6.07 Å². The molecule has 2 heterocycles. The number of aryl methyl sites for hydroxylation is 2. The van der Waals surface area contributed by atoms with Gasteiger partial charge in [-0.1, -0.05) is 40.9 Å². The molecule has 1 aromatic carbocycles. The quantitative estimate of drug-likeness (QED) is 0.547. The Kier molecular flexibility index (Phi) is 3.63. The molecule has 0 aliphatic carbocycles. The predicted molar refractivity (Wildman–Crippen MR) is 81.3 cm³/mol. The number of hydrogen-bond donors (Lipinski definition) is 0. The Morgan fingerprint density at radius 1 is 1.15 bits per heavy atom. The van der Waals surface area contributed by atoms with Gasteiger partial charge < -0.3 is 0 Å². The highest BCUT2D eigenvalue weighted by molar-refractivity contribution is 7.98. The molecule has 0 aliphatic rings. The summed E-state index contributed by atoms with van der Waals surface area (Å²) in [5.74, 6) is 1.39. The van der Waals surface area contributed by atoms with Gasteiger partial charge in [-0.05, 0) is 19.4 Å². The van der Waals surface area contributed by atoms with Gasteiger partial charge in [-0.15, -0.1) is 11.8 Å². The summed E-state index contributed by atoms with van der Waals surface area (Å²) in [6.07, 6.45) is 1.49. The molecule has 0 saturated carbocycles. The molecule has 2 aromatic heterocycles. The van der Waals surface area contributed by atoms with Gasteiger partial charge in [0, 0.05) is 11.8 Å². The number of nitrogens with zero attached hydrogens (tertiary/aromatic N) is 4. The van der Waals surface area contributed by atoms with E-state index in [9.17, 15) is 0 Å². The average Bonchev–Trinajstić information content (AvgIpc) is 2.82. The molecule has 6 heteroatoms. The number of halogens is 1. The zero-order valence-electron chi connectivity index (χ0n) is 11.2. The average molecular weight is 305 g/mol. The Bertz CT molecular complexity index is 749. The van der Waals surface area contributed by atoms with Crippen molar-refractivity contribution in [1.29, 1.82) is 0 Å². The van der Waals surface area contributed by atoms with E-state index in [4.69, 9.17) is 11.6 Å². The first kappa shape index (κ1) is 13.4. The highest BCUT2D eigenvalue weighted by Gasteiger charge is 2.07. The zero-order valence-corrected chi connectivity index (χ0v) is 12.7. The van der Waals surface area contributed by atoms with Crippen LogP contribution in [-0.4, -0.2) is 19.6 Å². The third-order valence-corrected chi connectivity index (χ3v) is 4.11. The van der Waals surface area contributed by atoms with Gasteiger partial charge in [0.2, 0.25) is 0 Å². The van der Waals surface area contributed by atoms with Gasteiger partial charge in [0.1, 0.15) is 16.5 Å². The van der Waals surface area contributed by atoms with E-state index >= 15 is 0 Å². The number of fused-ring (bicyclic) bond motifs is 1. The molecule has 0 bridgehead atoms. The number of thioether (sulfide) groups is 1.